The first-order valence-electron chi connectivity index (χ1n) is 8.77. The molecule has 0 heterocycles. The SMILES string of the molecule is COC1CCCCC1NC(=O)C1CC2CCCC(C1)C2N.Cl. The summed E-state index contributed by atoms with van der Waals surface area (Å²) in [5.74, 6) is 1.57. The van der Waals surface area contributed by atoms with Gasteiger partial charge in [0.05, 0.1) is 12.1 Å². The van der Waals surface area contributed by atoms with Gasteiger partial charge in [0.1, 0.15) is 0 Å². The standard InChI is InChI=1S/C17H30N2O2.ClH/c1-21-15-8-3-2-7-14(15)19-17(20)13-9-11-5-4-6-12(10-13)16(11)18;/h11-16H,2-10,18H2,1H3,(H,19,20);1H. The van der Waals surface area contributed by atoms with Gasteiger partial charge in [0.25, 0.3) is 0 Å². The van der Waals surface area contributed by atoms with Crippen LogP contribution < -0.4 is 11.1 Å². The van der Waals surface area contributed by atoms with Crippen molar-refractivity contribution in [3.8, 4) is 0 Å². The monoisotopic (exact) mass is 330 g/mol. The highest BCUT2D eigenvalue weighted by molar-refractivity contribution is 5.85. The summed E-state index contributed by atoms with van der Waals surface area (Å²) in [6, 6.07) is 0.552. The van der Waals surface area contributed by atoms with Gasteiger partial charge in [0.15, 0.2) is 0 Å². The van der Waals surface area contributed by atoms with E-state index in [-0.39, 0.29) is 36.4 Å². The molecular formula is C17H31ClN2O2. The molecule has 3 fully saturated rings. The molecular weight excluding hydrogens is 300 g/mol. The molecule has 3 aliphatic rings. The van der Waals surface area contributed by atoms with Gasteiger partial charge in [-0.3, -0.25) is 4.79 Å². The maximum absolute atomic E-state index is 12.7. The van der Waals surface area contributed by atoms with Crippen LogP contribution in [-0.4, -0.2) is 31.2 Å². The summed E-state index contributed by atoms with van der Waals surface area (Å²) in [6.45, 7) is 0. The van der Waals surface area contributed by atoms with Crippen LogP contribution in [-0.2, 0) is 9.53 Å². The van der Waals surface area contributed by atoms with Crippen LogP contribution in [0, 0.1) is 17.8 Å². The van der Waals surface area contributed by atoms with Crippen molar-refractivity contribution in [2.75, 3.05) is 7.11 Å². The van der Waals surface area contributed by atoms with Gasteiger partial charge in [-0.25, -0.2) is 0 Å². The zero-order valence-electron chi connectivity index (χ0n) is 13.6. The van der Waals surface area contributed by atoms with E-state index in [0.29, 0.717) is 17.9 Å². The zero-order chi connectivity index (χ0) is 14.8. The summed E-state index contributed by atoms with van der Waals surface area (Å²) in [7, 11) is 1.76. The quantitative estimate of drug-likeness (QED) is 0.836. The summed E-state index contributed by atoms with van der Waals surface area (Å²) in [4.78, 5) is 12.7. The number of hydrogen-bond donors (Lipinski definition) is 2. The van der Waals surface area contributed by atoms with Crippen LogP contribution in [0.2, 0.25) is 0 Å². The normalized spacial score (nSPS) is 41.4. The summed E-state index contributed by atoms with van der Waals surface area (Å²) in [5, 5.41) is 3.29. The van der Waals surface area contributed by atoms with E-state index in [4.69, 9.17) is 10.5 Å². The lowest BCUT2D eigenvalue weighted by Gasteiger charge is -2.44. The van der Waals surface area contributed by atoms with Gasteiger partial charge in [-0.15, -0.1) is 12.4 Å². The Bertz CT molecular complexity index is 366. The van der Waals surface area contributed by atoms with Gasteiger partial charge in [-0.1, -0.05) is 19.3 Å². The Morgan fingerprint density at radius 1 is 1.05 bits per heavy atom. The van der Waals surface area contributed by atoms with Gasteiger partial charge in [0, 0.05) is 19.1 Å². The van der Waals surface area contributed by atoms with E-state index in [9.17, 15) is 4.79 Å². The van der Waals surface area contributed by atoms with Crippen molar-refractivity contribution in [1.29, 1.82) is 0 Å². The van der Waals surface area contributed by atoms with Gasteiger partial charge in [-0.05, 0) is 50.4 Å². The molecule has 22 heavy (non-hydrogen) atoms. The fourth-order valence-corrected chi connectivity index (χ4v) is 4.85. The van der Waals surface area contributed by atoms with Crippen molar-refractivity contribution < 1.29 is 9.53 Å². The first-order valence-corrected chi connectivity index (χ1v) is 8.77. The number of hydrogen-bond acceptors (Lipinski definition) is 3. The number of amides is 1. The molecule has 3 saturated carbocycles. The van der Waals surface area contributed by atoms with Crippen LogP contribution in [0.1, 0.15) is 57.8 Å². The number of methoxy groups -OCH3 is 1. The predicted molar refractivity (Wildman–Crippen MR) is 90.0 cm³/mol. The van der Waals surface area contributed by atoms with Crippen LogP contribution >= 0.6 is 12.4 Å². The average Bonchev–Trinajstić information content (AvgIpc) is 2.47. The van der Waals surface area contributed by atoms with Crippen LogP contribution in [0.15, 0.2) is 0 Å². The highest BCUT2D eigenvalue weighted by Crippen LogP contribution is 2.42. The lowest BCUT2D eigenvalue weighted by atomic mass is 9.65. The third-order valence-electron chi connectivity index (χ3n) is 6.12. The van der Waals surface area contributed by atoms with E-state index in [1.54, 1.807) is 7.11 Å². The average molecular weight is 331 g/mol. The van der Waals surface area contributed by atoms with E-state index in [2.05, 4.69) is 5.32 Å². The third kappa shape index (κ3) is 3.77. The lowest BCUT2D eigenvalue weighted by Crippen LogP contribution is -2.52. The third-order valence-corrected chi connectivity index (χ3v) is 6.12. The van der Waals surface area contributed by atoms with Crippen molar-refractivity contribution in [2.24, 2.45) is 23.5 Å². The molecule has 1 amide bonds. The fraction of sp³-hybridized carbons (Fsp3) is 0.941. The molecule has 0 aliphatic heterocycles. The molecule has 2 bridgehead atoms. The van der Waals surface area contributed by atoms with Gasteiger partial charge in [-0.2, -0.15) is 0 Å². The summed E-state index contributed by atoms with van der Waals surface area (Å²) >= 11 is 0. The topological polar surface area (TPSA) is 64.3 Å². The molecule has 4 unspecified atom stereocenters. The second-order valence-corrected chi connectivity index (χ2v) is 7.37. The summed E-state index contributed by atoms with van der Waals surface area (Å²) in [6.07, 6.45) is 10.5. The Morgan fingerprint density at radius 3 is 2.32 bits per heavy atom. The van der Waals surface area contributed by atoms with E-state index in [0.717, 1.165) is 25.7 Å². The maximum atomic E-state index is 12.7. The highest BCUT2D eigenvalue weighted by Gasteiger charge is 2.41. The number of halogens is 1. The minimum atomic E-state index is 0. The number of rotatable bonds is 3. The Balaban J connectivity index is 0.00000176. The molecule has 3 rings (SSSR count). The minimum Gasteiger partial charge on any atom is -0.379 e. The predicted octanol–water partition coefficient (Wildman–Crippen LogP) is 2.64. The van der Waals surface area contributed by atoms with Crippen LogP contribution in [0.25, 0.3) is 0 Å². The summed E-state index contributed by atoms with van der Waals surface area (Å²) in [5.41, 5.74) is 6.32. The van der Waals surface area contributed by atoms with E-state index in [1.807, 2.05) is 0 Å². The zero-order valence-corrected chi connectivity index (χ0v) is 14.4. The molecule has 0 saturated heterocycles. The number of ether oxygens (including phenoxy) is 1. The number of fused-ring (bicyclic) bond motifs is 2. The molecule has 0 aromatic heterocycles. The van der Waals surface area contributed by atoms with E-state index in [1.165, 1.54) is 32.1 Å². The summed E-state index contributed by atoms with van der Waals surface area (Å²) < 4.78 is 5.55. The fourth-order valence-electron chi connectivity index (χ4n) is 4.85. The molecule has 4 nitrogen and oxygen atoms in total. The maximum Gasteiger partial charge on any atom is 0.223 e. The lowest BCUT2D eigenvalue weighted by molar-refractivity contribution is -0.130. The number of carbonyl (C=O) groups is 1. The number of nitrogens with one attached hydrogen (secondary N) is 1. The Kier molecular flexibility index (Phi) is 6.54. The molecule has 128 valence electrons. The molecule has 0 aromatic carbocycles. The van der Waals surface area contributed by atoms with Crippen molar-refractivity contribution in [3.63, 3.8) is 0 Å². The number of carbonyl (C=O) groups excluding carboxylic acids is 1. The van der Waals surface area contributed by atoms with Crippen molar-refractivity contribution in [3.05, 3.63) is 0 Å². The van der Waals surface area contributed by atoms with Crippen molar-refractivity contribution in [1.82, 2.24) is 5.32 Å². The van der Waals surface area contributed by atoms with E-state index < -0.39 is 0 Å². The largest absolute Gasteiger partial charge is 0.379 e. The van der Waals surface area contributed by atoms with E-state index >= 15 is 0 Å². The Morgan fingerprint density at radius 2 is 1.68 bits per heavy atom. The Hall–Kier alpha value is -0.320. The molecule has 5 heteroatoms. The second kappa shape index (κ2) is 7.98. The van der Waals surface area contributed by atoms with Crippen molar-refractivity contribution >= 4 is 18.3 Å². The molecule has 3 aliphatic carbocycles. The first-order chi connectivity index (χ1) is 10.2. The molecule has 0 aromatic rings. The number of nitrogens with two attached hydrogens (primary N) is 1. The Labute approximate surface area is 140 Å². The van der Waals surface area contributed by atoms with Gasteiger partial charge >= 0.3 is 0 Å². The van der Waals surface area contributed by atoms with Gasteiger partial charge < -0.3 is 15.8 Å². The van der Waals surface area contributed by atoms with Crippen LogP contribution in [0.3, 0.4) is 0 Å². The van der Waals surface area contributed by atoms with Crippen molar-refractivity contribution in [2.45, 2.75) is 76.0 Å². The van der Waals surface area contributed by atoms with Crippen LogP contribution in [0.5, 0.6) is 0 Å². The van der Waals surface area contributed by atoms with Crippen LogP contribution in [0.4, 0.5) is 0 Å². The molecule has 0 spiro atoms. The molecule has 0 radical (unpaired) electrons. The molecule has 3 N–H and O–H groups in total. The highest BCUT2D eigenvalue weighted by atomic mass is 35.5. The first kappa shape index (κ1) is 18.0. The van der Waals surface area contributed by atoms with Gasteiger partial charge in [0.2, 0.25) is 5.91 Å². The smallest absolute Gasteiger partial charge is 0.223 e. The second-order valence-electron chi connectivity index (χ2n) is 7.37. The minimum absolute atomic E-state index is 0. The molecule has 4 atom stereocenters.